The van der Waals surface area contributed by atoms with Crippen LogP contribution in [0.3, 0.4) is 0 Å². The maximum absolute atomic E-state index is 13.6. The standard InChI is InChI=1S/C17H18F3N3O5/c1-9(16(26)21-11-6-5-10(18)14(19)15(11)20)28-13(25)4-3-7-23-12(24)8-22(2)17(23)27/h5-6,9H,3-4,7-8H2,1-2H3,(H,21,26)/t9-/m1/s1. The number of halogens is 3. The molecule has 0 aromatic heterocycles. The molecule has 0 radical (unpaired) electrons. The predicted molar refractivity (Wildman–Crippen MR) is 89.5 cm³/mol. The highest BCUT2D eigenvalue weighted by atomic mass is 19.2. The number of amides is 4. The first-order valence-electron chi connectivity index (χ1n) is 8.31. The number of likely N-dealkylation sites (N-methyl/N-ethyl adjacent to an activating group) is 1. The smallest absolute Gasteiger partial charge is 0.326 e. The lowest BCUT2D eigenvalue weighted by atomic mass is 10.2. The first-order valence-corrected chi connectivity index (χ1v) is 8.31. The molecule has 1 atom stereocenters. The Hall–Kier alpha value is -3.11. The van der Waals surface area contributed by atoms with E-state index >= 15 is 0 Å². The van der Waals surface area contributed by atoms with Crippen LogP contribution in [0.2, 0.25) is 0 Å². The van der Waals surface area contributed by atoms with Gasteiger partial charge in [0.1, 0.15) is 6.54 Å². The molecule has 1 aromatic carbocycles. The first-order chi connectivity index (χ1) is 13.1. The highest BCUT2D eigenvalue weighted by Gasteiger charge is 2.33. The number of esters is 1. The van der Waals surface area contributed by atoms with E-state index in [1.807, 2.05) is 5.32 Å². The number of benzene rings is 1. The van der Waals surface area contributed by atoms with Crippen LogP contribution in [0, 0.1) is 17.5 Å². The van der Waals surface area contributed by atoms with Gasteiger partial charge in [-0.2, -0.15) is 0 Å². The van der Waals surface area contributed by atoms with E-state index in [4.69, 9.17) is 4.74 Å². The fraction of sp³-hybridized carbons (Fsp3) is 0.412. The number of hydrogen-bond donors (Lipinski definition) is 1. The van der Waals surface area contributed by atoms with Gasteiger partial charge in [0.15, 0.2) is 23.6 Å². The monoisotopic (exact) mass is 401 g/mol. The summed E-state index contributed by atoms with van der Waals surface area (Å²) in [4.78, 5) is 49.3. The number of nitrogens with one attached hydrogen (secondary N) is 1. The molecule has 1 fully saturated rings. The summed E-state index contributed by atoms with van der Waals surface area (Å²) in [5.41, 5.74) is -0.595. The van der Waals surface area contributed by atoms with Crippen LogP contribution >= 0.6 is 0 Å². The molecular formula is C17H18F3N3O5. The molecule has 0 spiro atoms. The van der Waals surface area contributed by atoms with E-state index in [2.05, 4.69) is 0 Å². The average molecular weight is 401 g/mol. The summed E-state index contributed by atoms with van der Waals surface area (Å²) in [5.74, 6) is -6.81. The zero-order chi connectivity index (χ0) is 21.0. The highest BCUT2D eigenvalue weighted by Crippen LogP contribution is 2.20. The molecule has 0 aliphatic carbocycles. The Bertz CT molecular complexity index is 817. The zero-order valence-corrected chi connectivity index (χ0v) is 15.1. The third-order valence-electron chi connectivity index (χ3n) is 3.96. The van der Waals surface area contributed by atoms with Crippen LogP contribution in [0.25, 0.3) is 0 Å². The Kier molecular flexibility index (Phi) is 6.60. The van der Waals surface area contributed by atoms with Crippen molar-refractivity contribution in [3.63, 3.8) is 0 Å². The van der Waals surface area contributed by atoms with E-state index in [0.717, 1.165) is 11.0 Å². The van der Waals surface area contributed by atoms with Crippen molar-refractivity contribution in [2.75, 3.05) is 25.5 Å². The van der Waals surface area contributed by atoms with Gasteiger partial charge < -0.3 is 15.0 Å². The lowest BCUT2D eigenvalue weighted by Crippen LogP contribution is -2.33. The number of rotatable bonds is 7. The van der Waals surface area contributed by atoms with E-state index in [-0.39, 0.29) is 31.8 Å². The van der Waals surface area contributed by atoms with Crippen molar-refractivity contribution in [1.29, 1.82) is 0 Å². The molecule has 0 saturated carbocycles. The van der Waals surface area contributed by atoms with E-state index in [1.54, 1.807) is 0 Å². The minimum Gasteiger partial charge on any atom is -0.453 e. The Balaban J connectivity index is 1.80. The molecule has 1 aliphatic rings. The van der Waals surface area contributed by atoms with Crippen molar-refractivity contribution in [1.82, 2.24) is 9.80 Å². The quantitative estimate of drug-likeness (QED) is 0.426. The van der Waals surface area contributed by atoms with Gasteiger partial charge in [-0.15, -0.1) is 0 Å². The van der Waals surface area contributed by atoms with Crippen molar-refractivity contribution >= 4 is 29.5 Å². The van der Waals surface area contributed by atoms with Gasteiger partial charge in [0.25, 0.3) is 5.91 Å². The first kappa shape index (κ1) is 21.2. The summed E-state index contributed by atoms with van der Waals surface area (Å²) in [6, 6.07) is 1.02. The number of ether oxygens (including phenoxy) is 1. The Morgan fingerprint density at radius 1 is 1.21 bits per heavy atom. The van der Waals surface area contributed by atoms with Crippen LogP contribution in [0.1, 0.15) is 19.8 Å². The molecule has 1 heterocycles. The van der Waals surface area contributed by atoms with Crippen molar-refractivity contribution in [2.24, 2.45) is 0 Å². The van der Waals surface area contributed by atoms with Crippen LogP contribution in [-0.2, 0) is 19.1 Å². The van der Waals surface area contributed by atoms with Crippen LogP contribution < -0.4 is 5.32 Å². The second-order valence-corrected chi connectivity index (χ2v) is 6.13. The molecule has 28 heavy (non-hydrogen) atoms. The van der Waals surface area contributed by atoms with Crippen molar-refractivity contribution in [2.45, 2.75) is 25.9 Å². The third-order valence-corrected chi connectivity index (χ3v) is 3.96. The number of imide groups is 1. The molecule has 1 N–H and O–H groups in total. The second-order valence-electron chi connectivity index (χ2n) is 6.13. The average Bonchev–Trinajstić information content (AvgIpc) is 2.88. The molecule has 2 rings (SSSR count). The fourth-order valence-electron chi connectivity index (χ4n) is 2.44. The van der Waals surface area contributed by atoms with Crippen molar-refractivity contribution in [3.8, 4) is 0 Å². The van der Waals surface area contributed by atoms with Crippen molar-refractivity contribution < 1.29 is 37.1 Å². The molecule has 1 aliphatic heterocycles. The lowest BCUT2D eigenvalue weighted by Gasteiger charge is -2.15. The molecule has 1 saturated heterocycles. The Morgan fingerprint density at radius 3 is 2.50 bits per heavy atom. The highest BCUT2D eigenvalue weighted by molar-refractivity contribution is 6.01. The van der Waals surface area contributed by atoms with Gasteiger partial charge in [0.05, 0.1) is 5.69 Å². The fourth-order valence-corrected chi connectivity index (χ4v) is 2.44. The second kappa shape index (κ2) is 8.72. The summed E-state index contributed by atoms with van der Waals surface area (Å²) in [7, 11) is 1.48. The SMILES string of the molecule is C[C@@H](OC(=O)CCCN1C(=O)CN(C)C1=O)C(=O)Nc1ccc(F)c(F)c1F. The topological polar surface area (TPSA) is 96.0 Å². The summed E-state index contributed by atoms with van der Waals surface area (Å²) in [5, 5.41) is 2.00. The maximum Gasteiger partial charge on any atom is 0.326 e. The third kappa shape index (κ3) is 4.78. The number of anilines is 1. The normalized spacial score (nSPS) is 15.0. The van der Waals surface area contributed by atoms with Crippen LogP contribution in [0.4, 0.5) is 23.7 Å². The molecule has 11 heteroatoms. The van der Waals surface area contributed by atoms with E-state index in [9.17, 15) is 32.3 Å². The largest absolute Gasteiger partial charge is 0.453 e. The molecule has 1 aromatic rings. The zero-order valence-electron chi connectivity index (χ0n) is 15.1. The summed E-state index contributed by atoms with van der Waals surface area (Å²) in [6.45, 7) is 1.21. The number of carbonyl (C=O) groups excluding carboxylic acids is 4. The Morgan fingerprint density at radius 2 is 1.89 bits per heavy atom. The van der Waals surface area contributed by atoms with Gasteiger partial charge in [-0.25, -0.2) is 18.0 Å². The summed E-state index contributed by atoms with van der Waals surface area (Å²) >= 11 is 0. The predicted octanol–water partition coefficient (Wildman–Crippen LogP) is 1.65. The maximum atomic E-state index is 13.6. The molecule has 0 unspecified atom stereocenters. The van der Waals surface area contributed by atoms with Gasteiger partial charge >= 0.3 is 12.0 Å². The van der Waals surface area contributed by atoms with Crippen molar-refractivity contribution in [3.05, 3.63) is 29.6 Å². The molecule has 152 valence electrons. The van der Waals surface area contributed by atoms with E-state index in [1.165, 1.54) is 18.9 Å². The minimum atomic E-state index is -1.74. The van der Waals surface area contributed by atoms with Gasteiger partial charge in [-0.05, 0) is 25.5 Å². The molecule has 0 bridgehead atoms. The van der Waals surface area contributed by atoms with Crippen LogP contribution in [-0.4, -0.2) is 59.9 Å². The number of hydrogen-bond acceptors (Lipinski definition) is 5. The molecule has 8 nitrogen and oxygen atoms in total. The van der Waals surface area contributed by atoms with Gasteiger partial charge in [0, 0.05) is 20.0 Å². The van der Waals surface area contributed by atoms with Crippen LogP contribution in [0.15, 0.2) is 12.1 Å². The number of urea groups is 1. The van der Waals surface area contributed by atoms with E-state index in [0.29, 0.717) is 6.07 Å². The van der Waals surface area contributed by atoms with Crippen LogP contribution in [0.5, 0.6) is 0 Å². The van der Waals surface area contributed by atoms with Gasteiger partial charge in [-0.3, -0.25) is 19.3 Å². The van der Waals surface area contributed by atoms with Gasteiger partial charge in [-0.1, -0.05) is 0 Å². The number of nitrogens with zero attached hydrogens (tertiary/aromatic N) is 2. The summed E-state index contributed by atoms with van der Waals surface area (Å²) < 4.78 is 44.5. The molecular weight excluding hydrogens is 383 g/mol. The lowest BCUT2D eigenvalue weighted by molar-refractivity contribution is -0.153. The minimum absolute atomic E-state index is 0.0255. The summed E-state index contributed by atoms with van der Waals surface area (Å²) in [6.07, 6.45) is -1.37. The van der Waals surface area contributed by atoms with E-state index < -0.39 is 47.2 Å². The molecule has 4 amide bonds. The van der Waals surface area contributed by atoms with Gasteiger partial charge in [0.2, 0.25) is 5.91 Å². The number of carbonyl (C=O) groups is 4. The Labute approximate surface area is 158 Å².